The Morgan fingerprint density at radius 2 is 1.93 bits per heavy atom. The van der Waals surface area contributed by atoms with Gasteiger partial charge in [0.1, 0.15) is 0 Å². The zero-order valence-corrected chi connectivity index (χ0v) is 8.91. The topological polar surface area (TPSA) is 52.6 Å². The van der Waals surface area contributed by atoms with Gasteiger partial charge < -0.3 is 9.47 Å². The average molecular weight is 210 g/mol. The third-order valence-electron chi connectivity index (χ3n) is 2.60. The number of esters is 2. The van der Waals surface area contributed by atoms with Crippen molar-refractivity contribution in [2.45, 2.75) is 12.8 Å². The number of hydrogen-bond acceptors (Lipinski definition) is 4. The predicted molar refractivity (Wildman–Crippen MR) is 54.0 cm³/mol. The van der Waals surface area contributed by atoms with Gasteiger partial charge >= 0.3 is 11.9 Å². The average Bonchev–Trinajstić information content (AvgIpc) is 2.72. The first kappa shape index (κ1) is 11.5. The SMILES string of the molecule is C=CC1=CC(C(=O)OC)(C(=O)OC)CC1. The number of rotatable bonds is 3. The Balaban J connectivity index is 3.10. The monoisotopic (exact) mass is 210 g/mol. The van der Waals surface area contributed by atoms with Gasteiger partial charge in [-0.1, -0.05) is 24.3 Å². The zero-order valence-electron chi connectivity index (χ0n) is 8.91. The third-order valence-corrected chi connectivity index (χ3v) is 2.60. The second-order valence-corrected chi connectivity index (χ2v) is 3.38. The molecule has 0 amide bonds. The largest absolute Gasteiger partial charge is 0.468 e. The van der Waals surface area contributed by atoms with Crippen LogP contribution in [0.1, 0.15) is 12.8 Å². The molecule has 0 fully saturated rings. The molecule has 0 heterocycles. The van der Waals surface area contributed by atoms with E-state index in [1.165, 1.54) is 14.2 Å². The molecule has 0 radical (unpaired) electrons. The summed E-state index contributed by atoms with van der Waals surface area (Å²) in [7, 11) is 2.51. The summed E-state index contributed by atoms with van der Waals surface area (Å²) in [6.07, 6.45) is 4.23. The molecule has 4 nitrogen and oxygen atoms in total. The van der Waals surface area contributed by atoms with E-state index in [1.807, 2.05) is 0 Å². The molecule has 1 rings (SSSR count). The van der Waals surface area contributed by atoms with Crippen LogP contribution in [0.15, 0.2) is 24.3 Å². The smallest absolute Gasteiger partial charge is 0.327 e. The highest BCUT2D eigenvalue weighted by Gasteiger charge is 2.49. The van der Waals surface area contributed by atoms with E-state index in [2.05, 4.69) is 16.1 Å². The van der Waals surface area contributed by atoms with E-state index in [9.17, 15) is 9.59 Å². The second kappa shape index (κ2) is 4.29. The lowest BCUT2D eigenvalue weighted by Gasteiger charge is -2.20. The number of hydrogen-bond donors (Lipinski definition) is 0. The van der Waals surface area contributed by atoms with E-state index in [0.29, 0.717) is 12.8 Å². The van der Waals surface area contributed by atoms with Crippen molar-refractivity contribution in [2.24, 2.45) is 5.41 Å². The van der Waals surface area contributed by atoms with Gasteiger partial charge in [0.25, 0.3) is 0 Å². The van der Waals surface area contributed by atoms with E-state index in [1.54, 1.807) is 12.2 Å². The maximum absolute atomic E-state index is 11.6. The zero-order chi connectivity index (χ0) is 11.5. The fourth-order valence-corrected chi connectivity index (χ4v) is 1.73. The molecule has 15 heavy (non-hydrogen) atoms. The molecule has 0 unspecified atom stereocenters. The van der Waals surface area contributed by atoms with Gasteiger partial charge in [-0.25, -0.2) is 0 Å². The van der Waals surface area contributed by atoms with Crippen molar-refractivity contribution >= 4 is 11.9 Å². The van der Waals surface area contributed by atoms with Crippen LogP contribution in [0.2, 0.25) is 0 Å². The summed E-state index contributed by atoms with van der Waals surface area (Å²) in [4.78, 5) is 23.2. The van der Waals surface area contributed by atoms with Crippen molar-refractivity contribution in [1.82, 2.24) is 0 Å². The normalized spacial score (nSPS) is 17.9. The molecule has 0 aromatic heterocycles. The Labute approximate surface area is 88.6 Å². The van der Waals surface area contributed by atoms with Crippen LogP contribution in [0.5, 0.6) is 0 Å². The van der Waals surface area contributed by atoms with Gasteiger partial charge in [0.15, 0.2) is 5.41 Å². The van der Waals surface area contributed by atoms with Gasteiger partial charge in [-0.3, -0.25) is 9.59 Å². The van der Waals surface area contributed by atoms with Crippen LogP contribution < -0.4 is 0 Å². The van der Waals surface area contributed by atoms with Crippen LogP contribution in [0.25, 0.3) is 0 Å². The van der Waals surface area contributed by atoms with Crippen molar-refractivity contribution < 1.29 is 19.1 Å². The Morgan fingerprint density at radius 1 is 1.40 bits per heavy atom. The van der Waals surface area contributed by atoms with Crippen LogP contribution >= 0.6 is 0 Å². The van der Waals surface area contributed by atoms with Crippen molar-refractivity contribution in [2.75, 3.05) is 14.2 Å². The Kier molecular flexibility index (Phi) is 3.29. The minimum atomic E-state index is -1.27. The maximum Gasteiger partial charge on any atom is 0.327 e. The Hall–Kier alpha value is -1.58. The van der Waals surface area contributed by atoms with E-state index in [4.69, 9.17) is 0 Å². The molecule has 1 aliphatic carbocycles. The van der Waals surface area contributed by atoms with Crippen molar-refractivity contribution in [3.8, 4) is 0 Å². The third kappa shape index (κ3) is 1.79. The summed E-state index contributed by atoms with van der Waals surface area (Å²) in [5.74, 6) is -1.16. The molecular formula is C11H14O4. The van der Waals surface area contributed by atoms with Gasteiger partial charge in [0.2, 0.25) is 0 Å². The maximum atomic E-state index is 11.6. The van der Waals surface area contributed by atoms with Gasteiger partial charge in [0.05, 0.1) is 14.2 Å². The van der Waals surface area contributed by atoms with Crippen LogP contribution in [0.4, 0.5) is 0 Å². The number of carbonyl (C=O) groups is 2. The van der Waals surface area contributed by atoms with Crippen LogP contribution in [0, 0.1) is 5.41 Å². The summed E-state index contributed by atoms with van der Waals surface area (Å²) in [5, 5.41) is 0. The van der Waals surface area contributed by atoms with E-state index in [-0.39, 0.29) is 0 Å². The molecule has 0 aromatic rings. The van der Waals surface area contributed by atoms with Gasteiger partial charge in [-0.05, 0) is 12.8 Å². The highest BCUT2D eigenvalue weighted by Crippen LogP contribution is 2.38. The standard InChI is InChI=1S/C11H14O4/c1-4-8-5-6-11(7-8,9(12)14-2)10(13)15-3/h4,7H,1,5-6H2,2-3H3. The quantitative estimate of drug-likeness (QED) is 0.519. The van der Waals surface area contributed by atoms with Crippen molar-refractivity contribution in [1.29, 1.82) is 0 Å². The molecule has 0 atom stereocenters. The molecule has 0 aliphatic heterocycles. The summed E-state index contributed by atoms with van der Waals surface area (Å²) in [5.41, 5.74) is -0.404. The van der Waals surface area contributed by atoms with Gasteiger partial charge in [0, 0.05) is 0 Å². The lowest BCUT2D eigenvalue weighted by Crippen LogP contribution is -2.37. The second-order valence-electron chi connectivity index (χ2n) is 3.38. The minimum Gasteiger partial charge on any atom is -0.468 e. The van der Waals surface area contributed by atoms with E-state index in [0.717, 1.165) is 5.57 Å². The highest BCUT2D eigenvalue weighted by atomic mass is 16.5. The molecule has 0 aromatic carbocycles. The highest BCUT2D eigenvalue weighted by molar-refractivity contribution is 6.03. The fraction of sp³-hybridized carbons (Fsp3) is 0.455. The molecule has 0 saturated carbocycles. The van der Waals surface area contributed by atoms with Gasteiger partial charge in [-0.2, -0.15) is 0 Å². The van der Waals surface area contributed by atoms with Crippen molar-refractivity contribution in [3.63, 3.8) is 0 Å². The van der Waals surface area contributed by atoms with Crippen molar-refractivity contribution in [3.05, 3.63) is 24.3 Å². The fourth-order valence-electron chi connectivity index (χ4n) is 1.73. The van der Waals surface area contributed by atoms with Crippen LogP contribution in [-0.4, -0.2) is 26.2 Å². The number of carbonyl (C=O) groups excluding carboxylic acids is 2. The Morgan fingerprint density at radius 3 is 2.27 bits per heavy atom. The lowest BCUT2D eigenvalue weighted by atomic mass is 9.88. The lowest BCUT2D eigenvalue weighted by molar-refractivity contribution is -0.165. The number of methoxy groups -OCH3 is 2. The number of ether oxygens (including phenoxy) is 2. The van der Waals surface area contributed by atoms with Crippen LogP contribution in [-0.2, 0) is 19.1 Å². The van der Waals surface area contributed by atoms with Gasteiger partial charge in [-0.15, -0.1) is 0 Å². The van der Waals surface area contributed by atoms with E-state index >= 15 is 0 Å². The summed E-state index contributed by atoms with van der Waals surface area (Å²) in [6, 6.07) is 0. The summed E-state index contributed by atoms with van der Waals surface area (Å²) < 4.78 is 9.27. The molecule has 0 spiro atoms. The first-order valence-electron chi connectivity index (χ1n) is 4.61. The van der Waals surface area contributed by atoms with E-state index < -0.39 is 17.4 Å². The summed E-state index contributed by atoms with van der Waals surface area (Å²) >= 11 is 0. The minimum absolute atomic E-state index is 0.383. The number of allylic oxidation sites excluding steroid dienone is 2. The molecule has 4 heteroatoms. The molecule has 0 N–H and O–H groups in total. The molecule has 82 valence electrons. The van der Waals surface area contributed by atoms with Crippen LogP contribution in [0.3, 0.4) is 0 Å². The molecule has 0 saturated heterocycles. The molecule has 0 bridgehead atoms. The first-order valence-corrected chi connectivity index (χ1v) is 4.61. The summed E-state index contributed by atoms with van der Waals surface area (Å²) in [6.45, 7) is 3.61. The first-order chi connectivity index (χ1) is 7.10. The molecule has 1 aliphatic rings. The predicted octanol–water partition coefficient (Wildman–Crippen LogP) is 1.22. The molecular weight excluding hydrogens is 196 g/mol. The Bertz CT molecular complexity index is 311.